The van der Waals surface area contributed by atoms with Crippen LogP contribution in [0, 0.1) is 11.3 Å². The van der Waals surface area contributed by atoms with Crippen molar-refractivity contribution in [1.82, 2.24) is 0 Å². The lowest BCUT2D eigenvalue weighted by Gasteiger charge is -2.11. The lowest BCUT2D eigenvalue weighted by atomic mass is 10.1. The van der Waals surface area contributed by atoms with Gasteiger partial charge < -0.3 is 14.2 Å². The third-order valence-corrected chi connectivity index (χ3v) is 3.28. The first-order valence-electron chi connectivity index (χ1n) is 7.26. The summed E-state index contributed by atoms with van der Waals surface area (Å²) in [5.74, 6) is 1.13. The molecule has 0 atom stereocenters. The highest BCUT2D eigenvalue weighted by molar-refractivity contribution is 6.30. The second kappa shape index (κ2) is 8.23. The van der Waals surface area contributed by atoms with Crippen LogP contribution >= 0.6 is 11.6 Å². The summed E-state index contributed by atoms with van der Waals surface area (Å²) in [5.41, 5.74) is 1.10. The van der Waals surface area contributed by atoms with E-state index in [9.17, 15) is 4.79 Å². The van der Waals surface area contributed by atoms with Gasteiger partial charge in [0.25, 0.3) is 0 Å². The van der Waals surface area contributed by atoms with Crippen LogP contribution in [0.3, 0.4) is 0 Å². The summed E-state index contributed by atoms with van der Waals surface area (Å²) in [4.78, 5) is 11.5. The first kappa shape index (κ1) is 17.6. The Morgan fingerprint density at radius 1 is 1.12 bits per heavy atom. The lowest BCUT2D eigenvalue weighted by molar-refractivity contribution is -0.139. The van der Waals surface area contributed by atoms with Crippen molar-refractivity contribution in [2.45, 2.75) is 13.3 Å². The van der Waals surface area contributed by atoms with Gasteiger partial charge in [-0.15, -0.1) is 0 Å². The zero-order chi connectivity index (χ0) is 17.5. The van der Waals surface area contributed by atoms with Crippen molar-refractivity contribution in [1.29, 1.82) is 5.26 Å². The van der Waals surface area contributed by atoms with Crippen LogP contribution in [-0.4, -0.2) is 19.7 Å². The zero-order valence-electron chi connectivity index (χ0n) is 13.3. The fourth-order valence-electron chi connectivity index (χ4n) is 2.10. The van der Waals surface area contributed by atoms with Gasteiger partial charge >= 0.3 is 5.97 Å². The third-order valence-electron chi connectivity index (χ3n) is 3.06. The Labute approximate surface area is 145 Å². The standard InChI is InChI=1S/C18H16ClNO4/c1-3-23-15-5-12(8-18(21)22-2)6-17(10-15)24-16-7-13(11-20)4-14(19)9-16/h4-7,9-10H,3,8H2,1-2H3. The monoisotopic (exact) mass is 345 g/mol. The highest BCUT2D eigenvalue weighted by atomic mass is 35.5. The Hall–Kier alpha value is -2.71. The number of hydrogen-bond donors (Lipinski definition) is 0. The van der Waals surface area contributed by atoms with Gasteiger partial charge in [0.15, 0.2) is 0 Å². The average Bonchev–Trinajstić information content (AvgIpc) is 2.54. The van der Waals surface area contributed by atoms with Gasteiger partial charge in [0.2, 0.25) is 0 Å². The molecule has 0 unspecified atom stereocenters. The van der Waals surface area contributed by atoms with Crippen molar-refractivity contribution < 1.29 is 19.0 Å². The van der Waals surface area contributed by atoms with Gasteiger partial charge in [-0.05, 0) is 42.8 Å². The molecule has 2 rings (SSSR count). The Bertz CT molecular complexity index is 783. The molecular weight excluding hydrogens is 330 g/mol. The summed E-state index contributed by atoms with van der Waals surface area (Å²) in [7, 11) is 1.33. The van der Waals surface area contributed by atoms with E-state index in [0.717, 1.165) is 0 Å². The maximum Gasteiger partial charge on any atom is 0.309 e. The van der Waals surface area contributed by atoms with E-state index < -0.39 is 0 Å². The van der Waals surface area contributed by atoms with Crippen LogP contribution in [0.2, 0.25) is 5.02 Å². The molecule has 6 heteroatoms. The molecule has 0 fully saturated rings. The molecule has 0 radical (unpaired) electrons. The predicted molar refractivity (Wildman–Crippen MR) is 89.6 cm³/mol. The molecule has 124 valence electrons. The van der Waals surface area contributed by atoms with E-state index in [1.54, 1.807) is 36.4 Å². The summed E-state index contributed by atoms with van der Waals surface area (Å²) in [5, 5.41) is 9.40. The second-order valence-corrected chi connectivity index (χ2v) is 5.32. The number of esters is 1. The Morgan fingerprint density at radius 3 is 2.50 bits per heavy atom. The number of carbonyl (C=O) groups is 1. The number of hydrogen-bond acceptors (Lipinski definition) is 5. The summed E-state index contributed by atoms with van der Waals surface area (Å²) in [6, 6.07) is 11.9. The molecule has 24 heavy (non-hydrogen) atoms. The summed E-state index contributed by atoms with van der Waals surface area (Å²) >= 11 is 5.98. The normalized spacial score (nSPS) is 9.92. The fourth-order valence-corrected chi connectivity index (χ4v) is 2.33. The summed E-state index contributed by atoms with van der Waals surface area (Å²) in [6.07, 6.45) is 0.104. The minimum Gasteiger partial charge on any atom is -0.494 e. The van der Waals surface area contributed by atoms with Gasteiger partial charge in [0.1, 0.15) is 17.2 Å². The van der Waals surface area contributed by atoms with Gasteiger partial charge in [-0.3, -0.25) is 4.79 Å². The Balaban J connectivity index is 2.33. The number of benzene rings is 2. The maximum atomic E-state index is 11.5. The van der Waals surface area contributed by atoms with Crippen LogP contribution in [0.4, 0.5) is 0 Å². The van der Waals surface area contributed by atoms with E-state index in [1.165, 1.54) is 7.11 Å². The highest BCUT2D eigenvalue weighted by Crippen LogP contribution is 2.30. The van der Waals surface area contributed by atoms with E-state index >= 15 is 0 Å². The van der Waals surface area contributed by atoms with Crippen LogP contribution in [0.1, 0.15) is 18.1 Å². The summed E-state index contributed by atoms with van der Waals surface area (Å²) < 4.78 is 16.0. The first-order valence-corrected chi connectivity index (χ1v) is 7.64. The van der Waals surface area contributed by atoms with Gasteiger partial charge in [0, 0.05) is 11.1 Å². The quantitative estimate of drug-likeness (QED) is 0.737. The number of nitriles is 1. The average molecular weight is 346 g/mol. The fraction of sp³-hybridized carbons (Fsp3) is 0.222. The van der Waals surface area contributed by atoms with Crippen LogP contribution in [0.5, 0.6) is 17.2 Å². The molecule has 5 nitrogen and oxygen atoms in total. The molecule has 0 bridgehead atoms. The van der Waals surface area contributed by atoms with Gasteiger partial charge in [0.05, 0.1) is 31.8 Å². The number of ether oxygens (including phenoxy) is 3. The number of rotatable bonds is 6. The lowest BCUT2D eigenvalue weighted by Crippen LogP contribution is -2.05. The highest BCUT2D eigenvalue weighted by Gasteiger charge is 2.09. The van der Waals surface area contributed by atoms with Crippen molar-refractivity contribution in [3.05, 3.63) is 52.5 Å². The largest absolute Gasteiger partial charge is 0.494 e. The molecular formula is C18H16ClNO4. The molecule has 0 saturated carbocycles. The maximum absolute atomic E-state index is 11.5. The van der Waals surface area contributed by atoms with Crippen molar-refractivity contribution in [3.8, 4) is 23.3 Å². The minimum atomic E-state index is -0.357. The molecule has 0 aliphatic carbocycles. The van der Waals surface area contributed by atoms with E-state index in [0.29, 0.717) is 40.0 Å². The van der Waals surface area contributed by atoms with Crippen molar-refractivity contribution in [2.75, 3.05) is 13.7 Å². The number of halogens is 1. The molecule has 0 aromatic heterocycles. The van der Waals surface area contributed by atoms with Crippen molar-refractivity contribution in [3.63, 3.8) is 0 Å². The van der Waals surface area contributed by atoms with Gasteiger partial charge in [-0.2, -0.15) is 5.26 Å². The molecule has 0 saturated heterocycles. The SMILES string of the molecule is CCOc1cc(CC(=O)OC)cc(Oc2cc(Cl)cc(C#N)c2)c1. The molecule has 0 spiro atoms. The third kappa shape index (κ3) is 4.90. The van der Waals surface area contributed by atoms with E-state index in [-0.39, 0.29) is 12.4 Å². The Morgan fingerprint density at radius 2 is 1.83 bits per heavy atom. The van der Waals surface area contributed by atoms with E-state index in [4.69, 9.17) is 26.3 Å². The predicted octanol–water partition coefficient (Wildman–Crippen LogP) is 4.12. The number of nitrogens with zero attached hydrogens (tertiary/aromatic N) is 1. The van der Waals surface area contributed by atoms with Crippen molar-refractivity contribution >= 4 is 17.6 Å². The molecule has 0 aliphatic rings. The van der Waals surface area contributed by atoms with E-state index in [2.05, 4.69) is 4.74 Å². The molecule has 2 aromatic rings. The zero-order valence-corrected chi connectivity index (χ0v) is 14.1. The first-order chi connectivity index (χ1) is 11.5. The molecule has 0 N–H and O–H groups in total. The Kier molecular flexibility index (Phi) is 6.05. The smallest absolute Gasteiger partial charge is 0.309 e. The van der Waals surface area contributed by atoms with E-state index in [1.807, 2.05) is 13.0 Å². The van der Waals surface area contributed by atoms with Crippen LogP contribution in [0.15, 0.2) is 36.4 Å². The topological polar surface area (TPSA) is 68.6 Å². The summed E-state index contributed by atoms with van der Waals surface area (Å²) in [6.45, 7) is 2.35. The molecule has 2 aromatic carbocycles. The number of methoxy groups -OCH3 is 1. The number of carbonyl (C=O) groups excluding carboxylic acids is 1. The van der Waals surface area contributed by atoms with Gasteiger partial charge in [-0.1, -0.05) is 11.6 Å². The van der Waals surface area contributed by atoms with Crippen LogP contribution in [-0.2, 0) is 16.0 Å². The molecule has 0 aliphatic heterocycles. The second-order valence-electron chi connectivity index (χ2n) is 4.89. The van der Waals surface area contributed by atoms with Crippen molar-refractivity contribution in [2.24, 2.45) is 0 Å². The van der Waals surface area contributed by atoms with Crippen LogP contribution in [0.25, 0.3) is 0 Å². The van der Waals surface area contributed by atoms with Crippen LogP contribution < -0.4 is 9.47 Å². The minimum absolute atomic E-state index is 0.104. The molecule has 0 heterocycles. The molecule has 0 amide bonds. The van der Waals surface area contributed by atoms with Gasteiger partial charge in [-0.25, -0.2) is 0 Å².